The number of alkyl halides is 3. The molecule has 2 aromatic carbocycles. The maximum Gasteiger partial charge on any atom is 0.573 e. The maximum atomic E-state index is 13.5. The maximum absolute atomic E-state index is 13.5. The van der Waals surface area contributed by atoms with Crippen molar-refractivity contribution in [1.82, 2.24) is 4.90 Å². The average Bonchev–Trinajstić information content (AvgIpc) is 3.08. The van der Waals surface area contributed by atoms with Crippen LogP contribution in [0, 0.1) is 11.2 Å². The molecular formula is C23H23F4N3O3. The zero-order chi connectivity index (χ0) is 23.8. The van der Waals surface area contributed by atoms with E-state index in [4.69, 9.17) is 0 Å². The third kappa shape index (κ3) is 4.74. The lowest BCUT2D eigenvalue weighted by Gasteiger charge is -2.39. The van der Waals surface area contributed by atoms with Crippen LogP contribution in [0.2, 0.25) is 0 Å². The van der Waals surface area contributed by atoms with Crippen molar-refractivity contribution >= 4 is 23.3 Å². The number of nitrogens with zero attached hydrogens (tertiary/aromatic N) is 3. The summed E-state index contributed by atoms with van der Waals surface area (Å²) < 4.78 is 54.5. The van der Waals surface area contributed by atoms with Crippen molar-refractivity contribution in [3.63, 3.8) is 0 Å². The summed E-state index contributed by atoms with van der Waals surface area (Å²) in [6.45, 7) is 1.22. The van der Waals surface area contributed by atoms with Crippen LogP contribution in [0.3, 0.4) is 0 Å². The van der Waals surface area contributed by atoms with Crippen molar-refractivity contribution < 1.29 is 31.9 Å². The zero-order valence-electron chi connectivity index (χ0n) is 17.9. The average molecular weight is 465 g/mol. The molecule has 0 aliphatic carbocycles. The molecule has 0 atom stereocenters. The molecule has 2 heterocycles. The normalized spacial score (nSPS) is 18.0. The Morgan fingerprint density at radius 1 is 1.03 bits per heavy atom. The molecular weight excluding hydrogens is 442 g/mol. The van der Waals surface area contributed by atoms with E-state index in [9.17, 15) is 27.2 Å². The van der Waals surface area contributed by atoms with Gasteiger partial charge in [-0.25, -0.2) is 9.18 Å². The number of carbonyl (C=O) groups excluding carboxylic acids is 2. The number of likely N-dealkylation sites (tertiary alicyclic amines) is 1. The van der Waals surface area contributed by atoms with Crippen molar-refractivity contribution in [1.29, 1.82) is 0 Å². The second-order valence-electron chi connectivity index (χ2n) is 8.34. The standard InChI is InChI=1S/C23H23F4N3O3/c1-28(18-4-2-3-16(24)15-18)21(32)29-12-9-22(10-13-29)11-14-30(20(22)31)17-5-7-19(8-6-17)33-23(25,26)27/h2-8,15H,9-14H2,1H3. The van der Waals surface area contributed by atoms with Gasteiger partial charge in [-0.2, -0.15) is 0 Å². The summed E-state index contributed by atoms with van der Waals surface area (Å²) in [4.78, 5) is 30.7. The molecule has 4 rings (SSSR count). The van der Waals surface area contributed by atoms with Crippen LogP contribution in [0.4, 0.5) is 33.7 Å². The van der Waals surface area contributed by atoms with Gasteiger partial charge in [0.2, 0.25) is 5.91 Å². The molecule has 0 N–H and O–H groups in total. The number of rotatable bonds is 3. The van der Waals surface area contributed by atoms with E-state index in [-0.39, 0.29) is 17.7 Å². The van der Waals surface area contributed by atoms with Gasteiger partial charge in [0.15, 0.2) is 0 Å². The van der Waals surface area contributed by atoms with Gasteiger partial charge in [0, 0.05) is 38.1 Å². The third-order valence-corrected chi connectivity index (χ3v) is 6.37. The third-order valence-electron chi connectivity index (χ3n) is 6.37. The molecule has 0 saturated carbocycles. The molecule has 0 aromatic heterocycles. The molecule has 3 amide bonds. The highest BCUT2D eigenvalue weighted by molar-refractivity contribution is 6.00. The molecule has 2 aliphatic heterocycles. The minimum Gasteiger partial charge on any atom is -0.406 e. The Bertz CT molecular complexity index is 1030. The lowest BCUT2D eigenvalue weighted by atomic mass is 9.77. The van der Waals surface area contributed by atoms with Gasteiger partial charge in [-0.1, -0.05) is 6.07 Å². The predicted molar refractivity (Wildman–Crippen MR) is 114 cm³/mol. The van der Waals surface area contributed by atoms with Crippen molar-refractivity contribution in [2.75, 3.05) is 36.5 Å². The van der Waals surface area contributed by atoms with Crippen LogP contribution in [0.15, 0.2) is 48.5 Å². The summed E-state index contributed by atoms with van der Waals surface area (Å²) in [5.74, 6) is -0.862. The van der Waals surface area contributed by atoms with E-state index in [1.165, 1.54) is 47.4 Å². The van der Waals surface area contributed by atoms with E-state index < -0.39 is 17.6 Å². The lowest BCUT2D eigenvalue weighted by Crippen LogP contribution is -2.50. The largest absolute Gasteiger partial charge is 0.573 e. The first-order valence-corrected chi connectivity index (χ1v) is 10.5. The number of amides is 3. The fraction of sp³-hybridized carbons (Fsp3) is 0.391. The monoisotopic (exact) mass is 465 g/mol. The number of ether oxygens (including phenoxy) is 1. The summed E-state index contributed by atoms with van der Waals surface area (Å²) in [6, 6.07) is 10.7. The predicted octanol–water partition coefficient (Wildman–Crippen LogP) is 4.80. The van der Waals surface area contributed by atoms with Gasteiger partial charge in [-0.05, 0) is 61.7 Å². The van der Waals surface area contributed by atoms with E-state index in [0.29, 0.717) is 50.3 Å². The molecule has 2 saturated heterocycles. The Kier molecular flexibility index (Phi) is 5.94. The SMILES string of the molecule is CN(C(=O)N1CCC2(CC1)CCN(c1ccc(OC(F)(F)F)cc1)C2=O)c1cccc(F)c1. The van der Waals surface area contributed by atoms with Gasteiger partial charge in [0.05, 0.1) is 5.41 Å². The summed E-state index contributed by atoms with van der Waals surface area (Å²) >= 11 is 0. The molecule has 6 nitrogen and oxygen atoms in total. The van der Waals surface area contributed by atoms with Crippen LogP contribution in [0.1, 0.15) is 19.3 Å². The second kappa shape index (κ2) is 8.57. The summed E-state index contributed by atoms with van der Waals surface area (Å²) in [7, 11) is 1.58. The lowest BCUT2D eigenvalue weighted by molar-refractivity contribution is -0.274. The molecule has 2 aliphatic rings. The number of hydrogen-bond acceptors (Lipinski definition) is 3. The van der Waals surface area contributed by atoms with E-state index in [1.807, 2.05) is 0 Å². The van der Waals surface area contributed by atoms with Gasteiger partial charge >= 0.3 is 12.4 Å². The number of urea groups is 1. The van der Waals surface area contributed by atoms with E-state index in [0.717, 1.165) is 0 Å². The van der Waals surface area contributed by atoms with Gasteiger partial charge in [0.25, 0.3) is 0 Å². The Morgan fingerprint density at radius 3 is 2.27 bits per heavy atom. The number of carbonyl (C=O) groups is 2. The number of hydrogen-bond donors (Lipinski definition) is 0. The quantitative estimate of drug-likeness (QED) is 0.612. The van der Waals surface area contributed by atoms with Gasteiger partial charge < -0.3 is 14.5 Å². The van der Waals surface area contributed by atoms with Crippen LogP contribution >= 0.6 is 0 Å². The fourth-order valence-electron chi connectivity index (χ4n) is 4.49. The number of benzene rings is 2. The molecule has 0 bridgehead atoms. The smallest absolute Gasteiger partial charge is 0.406 e. The Morgan fingerprint density at radius 2 is 1.67 bits per heavy atom. The minimum atomic E-state index is -4.77. The first-order chi connectivity index (χ1) is 15.6. The number of halogens is 4. The van der Waals surface area contributed by atoms with Crippen LogP contribution in [0.25, 0.3) is 0 Å². The molecule has 2 aromatic rings. The Balaban J connectivity index is 1.39. The number of piperidine rings is 1. The highest BCUT2D eigenvalue weighted by Crippen LogP contribution is 2.43. The fourth-order valence-corrected chi connectivity index (χ4v) is 4.49. The van der Waals surface area contributed by atoms with Crippen molar-refractivity contribution in [3.8, 4) is 5.75 Å². The van der Waals surface area contributed by atoms with Crippen molar-refractivity contribution in [2.24, 2.45) is 5.41 Å². The molecule has 0 unspecified atom stereocenters. The van der Waals surface area contributed by atoms with E-state index >= 15 is 0 Å². The molecule has 33 heavy (non-hydrogen) atoms. The first kappa shape index (κ1) is 22.9. The van der Waals surface area contributed by atoms with Crippen molar-refractivity contribution in [3.05, 3.63) is 54.3 Å². The van der Waals surface area contributed by atoms with Crippen molar-refractivity contribution in [2.45, 2.75) is 25.6 Å². The number of anilines is 2. The van der Waals surface area contributed by atoms with Crippen LogP contribution in [-0.4, -0.2) is 49.9 Å². The molecule has 2 fully saturated rings. The van der Waals surface area contributed by atoms with Crippen LogP contribution < -0.4 is 14.5 Å². The summed E-state index contributed by atoms with van der Waals surface area (Å²) in [6.07, 6.45) is -3.20. The summed E-state index contributed by atoms with van der Waals surface area (Å²) in [5, 5.41) is 0. The second-order valence-corrected chi connectivity index (χ2v) is 8.34. The van der Waals surface area contributed by atoms with E-state index in [1.54, 1.807) is 22.9 Å². The van der Waals surface area contributed by atoms with Crippen LogP contribution in [-0.2, 0) is 4.79 Å². The van der Waals surface area contributed by atoms with Crippen LogP contribution in [0.5, 0.6) is 5.75 Å². The van der Waals surface area contributed by atoms with Gasteiger partial charge in [-0.15, -0.1) is 13.2 Å². The molecule has 1 spiro atoms. The Hall–Kier alpha value is -3.30. The Labute approximate surface area is 188 Å². The molecule has 0 radical (unpaired) electrons. The first-order valence-electron chi connectivity index (χ1n) is 10.5. The highest BCUT2D eigenvalue weighted by Gasteiger charge is 2.49. The molecule has 10 heteroatoms. The van der Waals surface area contributed by atoms with Gasteiger partial charge in [0.1, 0.15) is 11.6 Å². The highest BCUT2D eigenvalue weighted by atomic mass is 19.4. The zero-order valence-corrected chi connectivity index (χ0v) is 17.9. The molecule has 176 valence electrons. The summed E-state index contributed by atoms with van der Waals surface area (Å²) in [5.41, 5.74) is 0.354. The minimum absolute atomic E-state index is 0.0856. The topological polar surface area (TPSA) is 53.1 Å². The van der Waals surface area contributed by atoms with E-state index in [2.05, 4.69) is 4.74 Å². The van der Waals surface area contributed by atoms with Gasteiger partial charge in [-0.3, -0.25) is 9.69 Å².